The van der Waals surface area contributed by atoms with Crippen LogP contribution >= 0.6 is 7.82 Å². The molecule has 0 aromatic heterocycles. The van der Waals surface area contributed by atoms with Crippen molar-refractivity contribution in [3.8, 4) is 0 Å². The molecule has 0 bridgehead atoms. The number of carbonyl (C=O) groups excluding carboxylic acids is 2. The number of likely N-dealkylation sites (N-methyl/N-ethyl adjacent to an activating group) is 1. The van der Waals surface area contributed by atoms with Gasteiger partial charge in [0, 0.05) is 12.8 Å². The summed E-state index contributed by atoms with van der Waals surface area (Å²) in [6.07, 6.45) is 39.5. The summed E-state index contributed by atoms with van der Waals surface area (Å²) in [5, 5.41) is 0. The van der Waals surface area contributed by atoms with Crippen LogP contribution in [0, 0.1) is 0 Å². The van der Waals surface area contributed by atoms with Crippen LogP contribution in [0.2, 0.25) is 0 Å². The molecule has 2 atom stereocenters. The van der Waals surface area contributed by atoms with E-state index in [0.29, 0.717) is 30.3 Å². The molecule has 0 fully saturated rings. The van der Waals surface area contributed by atoms with Gasteiger partial charge in [-0.1, -0.05) is 131 Å². The minimum atomic E-state index is -4.40. The van der Waals surface area contributed by atoms with Crippen LogP contribution in [0.1, 0.15) is 104 Å². The fraction of sp³-hybridized carbons (Fsp3) is 0.600. The van der Waals surface area contributed by atoms with Crippen LogP contribution in [0.3, 0.4) is 0 Å². The number of esters is 2. The van der Waals surface area contributed by atoms with Crippen molar-refractivity contribution in [2.24, 2.45) is 0 Å². The van der Waals surface area contributed by atoms with E-state index in [9.17, 15) is 19.0 Å². The molecule has 0 amide bonds. The third kappa shape index (κ3) is 35.0. The van der Waals surface area contributed by atoms with E-state index >= 15 is 0 Å². The van der Waals surface area contributed by atoms with Gasteiger partial charge in [-0.15, -0.1) is 0 Å². The van der Waals surface area contributed by atoms with Gasteiger partial charge in [0.2, 0.25) is 0 Å². The van der Waals surface area contributed by atoms with Crippen molar-refractivity contribution in [2.75, 3.05) is 47.5 Å². The largest absolute Gasteiger partial charge is 0.472 e. The van der Waals surface area contributed by atoms with Crippen LogP contribution < -0.4 is 0 Å². The fourth-order valence-corrected chi connectivity index (χ4v) is 4.89. The molecule has 284 valence electrons. The molecule has 50 heavy (non-hydrogen) atoms. The number of quaternary nitrogens is 1. The minimum absolute atomic E-state index is 0.00646. The van der Waals surface area contributed by atoms with E-state index in [1.54, 1.807) is 0 Å². The maximum Gasteiger partial charge on any atom is 0.472 e. The lowest BCUT2D eigenvalue weighted by atomic mass is 10.1. The SMILES string of the molecule is CC/C=C/C=C/C=C/C=C/C=C/CCCC(=O)OCC(COP(=O)(O)OCC[N+](C)(C)C)OC(=O)CC/C=C/C/C=C/CCCCCCCC. The number of unbranched alkanes of at least 4 members (excludes halogenated alkanes) is 7. The Labute approximate surface area is 303 Å². The molecule has 0 heterocycles. The Hall–Kier alpha value is -2.81. The molecule has 9 nitrogen and oxygen atoms in total. The summed E-state index contributed by atoms with van der Waals surface area (Å²) in [6, 6.07) is 0. The van der Waals surface area contributed by atoms with Crippen molar-refractivity contribution in [1.29, 1.82) is 0 Å². The van der Waals surface area contributed by atoms with Gasteiger partial charge in [-0.2, -0.15) is 0 Å². The van der Waals surface area contributed by atoms with Gasteiger partial charge in [0.1, 0.15) is 19.8 Å². The first-order valence-electron chi connectivity index (χ1n) is 18.4. The second-order valence-corrected chi connectivity index (χ2v) is 14.4. The van der Waals surface area contributed by atoms with E-state index < -0.39 is 32.5 Å². The van der Waals surface area contributed by atoms with Gasteiger partial charge in [0.25, 0.3) is 0 Å². The fourth-order valence-electron chi connectivity index (χ4n) is 4.15. The van der Waals surface area contributed by atoms with E-state index in [2.05, 4.69) is 32.1 Å². The summed E-state index contributed by atoms with van der Waals surface area (Å²) >= 11 is 0. The number of phosphoric ester groups is 1. The van der Waals surface area contributed by atoms with Crippen molar-refractivity contribution in [2.45, 2.75) is 110 Å². The van der Waals surface area contributed by atoms with Gasteiger partial charge in [-0.3, -0.25) is 18.6 Å². The Balaban J connectivity index is 4.70. The molecule has 0 rings (SSSR count). The third-order valence-electron chi connectivity index (χ3n) is 7.05. The standard InChI is InChI=1S/C40H66NO8P/c1-6-8-10-12-14-16-18-20-22-24-26-28-30-32-39(42)46-36-38(37-48-50(44,45)47-35-34-41(3,4)5)49-40(43)33-31-29-27-25-23-21-19-17-15-13-11-9-7-2/h8,10,12,14,16,18,20-24,26-27,29,38H,6-7,9,11,13,15,17,19,25,28,30-37H2,1-5H3/p+1/b10-8+,14-12+,18-16+,22-20+,23-21+,26-24+,29-27+. The van der Waals surface area contributed by atoms with Crippen LogP contribution in [-0.4, -0.2) is 74.9 Å². The average Bonchev–Trinajstić information content (AvgIpc) is 3.06. The van der Waals surface area contributed by atoms with Gasteiger partial charge in [0.05, 0.1) is 27.7 Å². The van der Waals surface area contributed by atoms with Gasteiger partial charge >= 0.3 is 19.8 Å². The second kappa shape index (κ2) is 32.1. The van der Waals surface area contributed by atoms with E-state index in [1.165, 1.54) is 38.5 Å². The number of hydrogen-bond donors (Lipinski definition) is 1. The summed E-state index contributed by atoms with van der Waals surface area (Å²) in [5.74, 6) is -0.977. The molecule has 0 aliphatic rings. The molecule has 0 aromatic rings. The molecular weight excluding hydrogens is 653 g/mol. The van der Waals surface area contributed by atoms with Gasteiger partial charge in [-0.05, 0) is 44.9 Å². The Kier molecular flexibility index (Phi) is 30.3. The minimum Gasteiger partial charge on any atom is -0.462 e. The molecular formula is C40H67NO8P+. The Morgan fingerprint density at radius 2 is 1.26 bits per heavy atom. The summed E-state index contributed by atoms with van der Waals surface area (Å²) in [5.41, 5.74) is 0. The average molecular weight is 721 g/mol. The highest BCUT2D eigenvalue weighted by atomic mass is 31.2. The van der Waals surface area contributed by atoms with Crippen molar-refractivity contribution in [3.63, 3.8) is 0 Å². The maximum absolute atomic E-state index is 12.6. The maximum atomic E-state index is 12.6. The number of allylic oxidation sites excluding steroid dienone is 14. The normalized spacial score (nSPS) is 14.8. The lowest BCUT2D eigenvalue weighted by Gasteiger charge is -2.24. The highest BCUT2D eigenvalue weighted by molar-refractivity contribution is 7.47. The summed E-state index contributed by atoms with van der Waals surface area (Å²) in [6.45, 7) is 4.06. The van der Waals surface area contributed by atoms with E-state index in [4.69, 9.17) is 18.5 Å². The first kappa shape index (κ1) is 47.2. The van der Waals surface area contributed by atoms with Gasteiger partial charge < -0.3 is 18.9 Å². The summed E-state index contributed by atoms with van der Waals surface area (Å²) in [4.78, 5) is 35.0. The Bertz CT molecular complexity index is 1130. The quantitative estimate of drug-likeness (QED) is 0.0188. The molecule has 0 spiro atoms. The Morgan fingerprint density at radius 1 is 0.660 bits per heavy atom. The predicted octanol–water partition coefficient (Wildman–Crippen LogP) is 9.68. The zero-order valence-corrected chi connectivity index (χ0v) is 32.5. The zero-order valence-electron chi connectivity index (χ0n) is 31.6. The molecule has 0 aliphatic heterocycles. The van der Waals surface area contributed by atoms with Gasteiger partial charge in [-0.25, -0.2) is 4.57 Å². The second-order valence-electron chi connectivity index (χ2n) is 13.0. The molecule has 0 radical (unpaired) electrons. The first-order valence-corrected chi connectivity index (χ1v) is 19.9. The smallest absolute Gasteiger partial charge is 0.462 e. The third-order valence-corrected chi connectivity index (χ3v) is 8.03. The van der Waals surface area contributed by atoms with Crippen molar-refractivity contribution in [1.82, 2.24) is 0 Å². The monoisotopic (exact) mass is 720 g/mol. The van der Waals surface area contributed by atoms with E-state index in [0.717, 1.165) is 19.3 Å². The van der Waals surface area contributed by atoms with Crippen molar-refractivity contribution < 1.29 is 42.1 Å². The lowest BCUT2D eigenvalue weighted by Crippen LogP contribution is -2.37. The molecule has 0 aromatic carbocycles. The molecule has 10 heteroatoms. The van der Waals surface area contributed by atoms with E-state index in [1.807, 2.05) is 88.0 Å². The van der Waals surface area contributed by atoms with Crippen LogP contribution in [-0.2, 0) is 32.7 Å². The molecule has 0 aliphatic carbocycles. The highest BCUT2D eigenvalue weighted by Gasteiger charge is 2.27. The summed E-state index contributed by atoms with van der Waals surface area (Å²) in [7, 11) is 1.39. The summed E-state index contributed by atoms with van der Waals surface area (Å²) < 4.78 is 33.9. The number of nitrogens with zero attached hydrogens (tertiary/aromatic N) is 1. The molecule has 1 N–H and O–H groups in total. The Morgan fingerprint density at radius 3 is 1.92 bits per heavy atom. The number of ether oxygens (including phenoxy) is 2. The molecule has 0 saturated heterocycles. The topological polar surface area (TPSA) is 108 Å². The van der Waals surface area contributed by atoms with Crippen LogP contribution in [0.25, 0.3) is 0 Å². The van der Waals surface area contributed by atoms with E-state index in [-0.39, 0.29) is 26.1 Å². The number of hydrogen-bond acceptors (Lipinski definition) is 7. The van der Waals surface area contributed by atoms with Crippen LogP contribution in [0.15, 0.2) is 85.1 Å². The van der Waals surface area contributed by atoms with Crippen molar-refractivity contribution in [3.05, 3.63) is 85.1 Å². The van der Waals surface area contributed by atoms with Crippen LogP contribution in [0.5, 0.6) is 0 Å². The number of phosphoric acid groups is 1. The predicted molar refractivity (Wildman–Crippen MR) is 205 cm³/mol. The first-order chi connectivity index (χ1) is 24.0. The molecule has 0 saturated carbocycles. The van der Waals surface area contributed by atoms with Crippen molar-refractivity contribution >= 4 is 19.8 Å². The lowest BCUT2D eigenvalue weighted by molar-refractivity contribution is -0.870. The molecule has 2 unspecified atom stereocenters. The van der Waals surface area contributed by atoms with Crippen LogP contribution in [0.4, 0.5) is 0 Å². The zero-order chi connectivity index (χ0) is 37.2. The number of rotatable bonds is 31. The number of carbonyl (C=O) groups is 2. The van der Waals surface area contributed by atoms with Gasteiger partial charge in [0.15, 0.2) is 6.10 Å². The highest BCUT2D eigenvalue weighted by Crippen LogP contribution is 2.43.